The fraction of sp³-hybridized carbons (Fsp3) is 0.500. The van der Waals surface area contributed by atoms with Crippen LogP contribution in [0.15, 0.2) is 18.2 Å². The van der Waals surface area contributed by atoms with Gasteiger partial charge in [0.2, 0.25) is 5.91 Å². The first kappa shape index (κ1) is 14.5. The van der Waals surface area contributed by atoms with Gasteiger partial charge in [-0.15, -0.1) is 0 Å². The fourth-order valence-electron chi connectivity index (χ4n) is 2.77. The molecule has 4 nitrogen and oxygen atoms in total. The van der Waals surface area contributed by atoms with Crippen molar-refractivity contribution in [2.24, 2.45) is 5.92 Å². The van der Waals surface area contributed by atoms with Gasteiger partial charge >= 0.3 is 0 Å². The van der Waals surface area contributed by atoms with Crippen molar-refractivity contribution in [2.75, 3.05) is 18.4 Å². The Morgan fingerprint density at radius 2 is 2.43 bits per heavy atom. The van der Waals surface area contributed by atoms with Gasteiger partial charge in [-0.2, -0.15) is 0 Å². The Labute approximate surface area is 129 Å². The minimum absolute atomic E-state index is 0.0800. The van der Waals surface area contributed by atoms with Crippen LogP contribution in [0.5, 0.6) is 0 Å². The van der Waals surface area contributed by atoms with Crippen LogP contribution in [0.2, 0.25) is 0 Å². The van der Waals surface area contributed by atoms with E-state index in [-0.39, 0.29) is 5.91 Å². The van der Waals surface area contributed by atoms with Crippen LogP contribution in [-0.4, -0.2) is 24.0 Å². The van der Waals surface area contributed by atoms with Gasteiger partial charge in [0.25, 0.3) is 0 Å². The summed E-state index contributed by atoms with van der Waals surface area (Å²) in [6.07, 6.45) is 4.01. The van der Waals surface area contributed by atoms with Gasteiger partial charge in [-0.3, -0.25) is 4.79 Å². The molecule has 3 rings (SSSR count). The van der Waals surface area contributed by atoms with Crippen LogP contribution in [-0.2, 0) is 4.79 Å². The van der Waals surface area contributed by atoms with E-state index < -0.39 is 0 Å². The van der Waals surface area contributed by atoms with Crippen molar-refractivity contribution in [3.05, 3.63) is 23.8 Å². The highest BCUT2D eigenvalue weighted by Gasteiger charge is 2.15. The summed E-state index contributed by atoms with van der Waals surface area (Å²) in [6, 6.07) is 6.16. The Hall–Kier alpha value is -1.46. The van der Waals surface area contributed by atoms with E-state index >= 15 is 0 Å². The van der Waals surface area contributed by atoms with Gasteiger partial charge in [-0.05, 0) is 62.9 Å². The largest absolute Gasteiger partial charge is 0.316 e. The Morgan fingerprint density at radius 3 is 3.24 bits per heavy atom. The normalized spacial score (nSPS) is 18.8. The zero-order chi connectivity index (χ0) is 14.7. The first-order valence-electron chi connectivity index (χ1n) is 7.58. The first-order chi connectivity index (χ1) is 10.2. The number of aromatic nitrogens is 1. The van der Waals surface area contributed by atoms with Crippen molar-refractivity contribution < 1.29 is 4.79 Å². The maximum Gasteiger partial charge on any atom is 0.226 e. The standard InChI is InChI=1S/C16H21N3OS/c1-11-4-6-13-14(9-11)21-16(18-13)19-15(20)7-5-12-3-2-8-17-10-12/h4,6,9,12,17H,2-3,5,7-8,10H2,1H3,(H,18,19,20). The van der Waals surface area contributed by atoms with Gasteiger partial charge in [0.15, 0.2) is 5.13 Å². The van der Waals surface area contributed by atoms with E-state index in [1.807, 2.05) is 12.1 Å². The number of anilines is 1. The van der Waals surface area contributed by atoms with Crippen LogP contribution in [0.3, 0.4) is 0 Å². The van der Waals surface area contributed by atoms with Crippen molar-refractivity contribution in [1.29, 1.82) is 0 Å². The lowest BCUT2D eigenvalue weighted by Crippen LogP contribution is -2.30. The molecule has 0 bridgehead atoms. The molecule has 1 aromatic heterocycles. The number of nitrogens with one attached hydrogen (secondary N) is 2. The second kappa shape index (κ2) is 6.54. The maximum atomic E-state index is 12.0. The molecule has 1 saturated heterocycles. The van der Waals surface area contributed by atoms with E-state index in [1.54, 1.807) is 11.3 Å². The van der Waals surface area contributed by atoms with E-state index in [0.29, 0.717) is 17.5 Å². The van der Waals surface area contributed by atoms with Gasteiger partial charge in [0, 0.05) is 6.42 Å². The second-order valence-electron chi connectivity index (χ2n) is 5.79. The average Bonchev–Trinajstić information content (AvgIpc) is 2.87. The lowest BCUT2D eigenvalue weighted by molar-refractivity contribution is -0.116. The number of amides is 1. The third-order valence-corrected chi connectivity index (χ3v) is 4.90. The van der Waals surface area contributed by atoms with Crippen LogP contribution in [0.25, 0.3) is 10.2 Å². The number of carbonyl (C=O) groups is 1. The minimum atomic E-state index is 0.0800. The van der Waals surface area contributed by atoms with Crippen LogP contribution < -0.4 is 10.6 Å². The Morgan fingerprint density at radius 1 is 1.52 bits per heavy atom. The molecular weight excluding hydrogens is 282 g/mol. The smallest absolute Gasteiger partial charge is 0.226 e. The van der Waals surface area contributed by atoms with Crippen molar-refractivity contribution >= 4 is 32.6 Å². The molecule has 1 aliphatic heterocycles. The van der Waals surface area contributed by atoms with Crippen LogP contribution in [0.1, 0.15) is 31.2 Å². The van der Waals surface area contributed by atoms with Crippen LogP contribution in [0, 0.1) is 12.8 Å². The molecule has 1 fully saturated rings. The van der Waals surface area contributed by atoms with Gasteiger partial charge < -0.3 is 10.6 Å². The Bertz CT molecular complexity index is 631. The molecule has 0 spiro atoms. The summed E-state index contributed by atoms with van der Waals surface area (Å²) < 4.78 is 1.13. The molecule has 2 heterocycles. The first-order valence-corrected chi connectivity index (χ1v) is 8.40. The summed E-state index contributed by atoms with van der Waals surface area (Å²) in [4.78, 5) is 16.5. The molecule has 2 N–H and O–H groups in total. The lowest BCUT2D eigenvalue weighted by Gasteiger charge is -2.22. The molecule has 1 aromatic carbocycles. The van der Waals surface area contributed by atoms with Crippen LogP contribution >= 0.6 is 11.3 Å². The van der Waals surface area contributed by atoms with Crippen molar-refractivity contribution in [3.63, 3.8) is 0 Å². The highest BCUT2D eigenvalue weighted by molar-refractivity contribution is 7.22. The summed E-state index contributed by atoms with van der Waals surface area (Å²) >= 11 is 1.55. The molecule has 0 radical (unpaired) electrons. The molecule has 2 aromatic rings. The van der Waals surface area contributed by atoms with Gasteiger partial charge in [-0.25, -0.2) is 4.98 Å². The number of rotatable bonds is 4. The molecule has 5 heteroatoms. The van der Waals surface area contributed by atoms with Gasteiger partial charge in [-0.1, -0.05) is 17.4 Å². The van der Waals surface area contributed by atoms with E-state index in [0.717, 1.165) is 29.7 Å². The molecule has 0 aliphatic carbocycles. The lowest BCUT2D eigenvalue weighted by atomic mass is 9.94. The van der Waals surface area contributed by atoms with E-state index in [1.165, 1.54) is 18.4 Å². The Kier molecular flexibility index (Phi) is 4.51. The number of hydrogen-bond donors (Lipinski definition) is 2. The quantitative estimate of drug-likeness (QED) is 0.911. The Balaban J connectivity index is 1.55. The van der Waals surface area contributed by atoms with Crippen LogP contribution in [0.4, 0.5) is 5.13 Å². The van der Waals surface area contributed by atoms with Gasteiger partial charge in [0.1, 0.15) is 0 Å². The second-order valence-corrected chi connectivity index (χ2v) is 6.82. The summed E-state index contributed by atoms with van der Waals surface area (Å²) in [5.41, 5.74) is 2.17. The molecular formula is C16H21N3OS. The molecule has 0 saturated carbocycles. The summed E-state index contributed by atoms with van der Waals surface area (Å²) in [6.45, 7) is 4.23. The molecule has 112 valence electrons. The predicted octanol–water partition coefficient (Wildman–Crippen LogP) is 3.32. The highest BCUT2D eigenvalue weighted by Crippen LogP contribution is 2.27. The van der Waals surface area contributed by atoms with Gasteiger partial charge in [0.05, 0.1) is 10.2 Å². The zero-order valence-corrected chi connectivity index (χ0v) is 13.1. The minimum Gasteiger partial charge on any atom is -0.316 e. The van der Waals surface area contributed by atoms with Crippen molar-refractivity contribution in [1.82, 2.24) is 10.3 Å². The fourth-order valence-corrected chi connectivity index (χ4v) is 3.75. The number of nitrogens with zero attached hydrogens (tertiary/aromatic N) is 1. The number of aryl methyl sites for hydroxylation is 1. The number of fused-ring (bicyclic) bond motifs is 1. The van der Waals surface area contributed by atoms with E-state index in [9.17, 15) is 4.79 Å². The maximum absolute atomic E-state index is 12.0. The SMILES string of the molecule is Cc1ccc2nc(NC(=O)CCC3CCCNC3)sc2c1. The summed E-state index contributed by atoms with van der Waals surface area (Å²) in [5, 5.41) is 7.04. The summed E-state index contributed by atoms with van der Waals surface area (Å²) in [5.74, 6) is 0.721. The molecule has 1 unspecified atom stereocenters. The zero-order valence-electron chi connectivity index (χ0n) is 12.3. The number of thiazole rings is 1. The molecule has 1 aliphatic rings. The topological polar surface area (TPSA) is 54.0 Å². The number of benzene rings is 1. The average molecular weight is 303 g/mol. The predicted molar refractivity (Wildman–Crippen MR) is 87.8 cm³/mol. The third-order valence-electron chi connectivity index (χ3n) is 3.97. The van der Waals surface area contributed by atoms with E-state index in [2.05, 4.69) is 28.6 Å². The number of carbonyl (C=O) groups excluding carboxylic acids is 1. The molecule has 1 atom stereocenters. The third kappa shape index (κ3) is 3.80. The van der Waals surface area contributed by atoms with E-state index in [4.69, 9.17) is 0 Å². The number of hydrogen-bond acceptors (Lipinski definition) is 4. The molecule has 21 heavy (non-hydrogen) atoms. The van der Waals surface area contributed by atoms with Crippen molar-refractivity contribution in [2.45, 2.75) is 32.6 Å². The molecule has 1 amide bonds. The number of piperidine rings is 1. The monoisotopic (exact) mass is 303 g/mol. The summed E-state index contributed by atoms with van der Waals surface area (Å²) in [7, 11) is 0. The van der Waals surface area contributed by atoms with Crippen molar-refractivity contribution in [3.8, 4) is 0 Å². The highest BCUT2D eigenvalue weighted by atomic mass is 32.1.